The number of aliphatic imine (C=N–C) groups is 1. The van der Waals surface area contributed by atoms with Gasteiger partial charge in [-0.1, -0.05) is 0 Å². The van der Waals surface area contributed by atoms with Crippen LogP contribution >= 0.6 is 24.0 Å². The summed E-state index contributed by atoms with van der Waals surface area (Å²) in [5, 5.41) is 5.85. The van der Waals surface area contributed by atoms with Gasteiger partial charge in [-0.05, 0) is 18.6 Å². The Morgan fingerprint density at radius 2 is 2.30 bits per heavy atom. The predicted molar refractivity (Wildman–Crippen MR) is 98.9 cm³/mol. The largest absolute Gasteiger partial charge is 0.467 e. The number of halogens is 1. The molecule has 1 fully saturated rings. The number of rotatable bonds is 6. The Balaban J connectivity index is 0.00000264. The summed E-state index contributed by atoms with van der Waals surface area (Å²) in [6.07, 6.45) is 2.66. The maximum absolute atomic E-state index is 11.8. The van der Waals surface area contributed by atoms with Crippen molar-refractivity contribution >= 4 is 35.8 Å². The molecule has 2 heterocycles. The zero-order chi connectivity index (χ0) is 15.8. The van der Waals surface area contributed by atoms with Crippen molar-refractivity contribution in [3.63, 3.8) is 0 Å². The van der Waals surface area contributed by atoms with Crippen LogP contribution in [-0.2, 0) is 16.1 Å². The molecule has 1 aliphatic rings. The fourth-order valence-electron chi connectivity index (χ4n) is 2.41. The van der Waals surface area contributed by atoms with E-state index in [-0.39, 0.29) is 36.4 Å². The van der Waals surface area contributed by atoms with E-state index in [1.165, 1.54) is 0 Å². The van der Waals surface area contributed by atoms with Crippen molar-refractivity contribution in [3.05, 3.63) is 24.2 Å². The van der Waals surface area contributed by atoms with Crippen LogP contribution in [0.2, 0.25) is 0 Å². The van der Waals surface area contributed by atoms with E-state index < -0.39 is 0 Å². The minimum absolute atomic E-state index is 0. The summed E-state index contributed by atoms with van der Waals surface area (Å²) in [7, 11) is 3.68. The molecular weight excluding hydrogens is 411 g/mol. The summed E-state index contributed by atoms with van der Waals surface area (Å²) in [6.45, 7) is 3.07. The van der Waals surface area contributed by atoms with Gasteiger partial charge in [0.15, 0.2) is 5.96 Å². The van der Waals surface area contributed by atoms with Gasteiger partial charge in [-0.3, -0.25) is 9.79 Å². The molecule has 0 radical (unpaired) electrons. The van der Waals surface area contributed by atoms with Crippen molar-refractivity contribution in [2.45, 2.75) is 13.0 Å². The third kappa shape index (κ3) is 6.78. The number of hydrogen-bond acceptors (Lipinski definition) is 4. The fourth-order valence-corrected chi connectivity index (χ4v) is 2.41. The lowest BCUT2D eigenvalue weighted by Crippen LogP contribution is -2.45. The van der Waals surface area contributed by atoms with Crippen LogP contribution in [0.15, 0.2) is 27.8 Å². The van der Waals surface area contributed by atoms with E-state index in [9.17, 15) is 4.79 Å². The normalized spacial score (nSPS) is 17.5. The summed E-state index contributed by atoms with van der Waals surface area (Å²) >= 11 is 0. The Morgan fingerprint density at radius 3 is 2.91 bits per heavy atom. The lowest BCUT2D eigenvalue weighted by Gasteiger charge is -2.24. The van der Waals surface area contributed by atoms with Crippen LogP contribution in [0.1, 0.15) is 12.2 Å². The van der Waals surface area contributed by atoms with Crippen molar-refractivity contribution in [1.82, 2.24) is 15.5 Å². The average molecular weight is 436 g/mol. The lowest BCUT2D eigenvalue weighted by atomic mass is 10.1. The van der Waals surface area contributed by atoms with Gasteiger partial charge in [0.2, 0.25) is 5.91 Å². The molecule has 0 saturated carbocycles. The van der Waals surface area contributed by atoms with Gasteiger partial charge in [0, 0.05) is 33.2 Å². The Bertz CT molecular complexity index is 487. The molecule has 1 aromatic heterocycles. The highest BCUT2D eigenvalue weighted by atomic mass is 127. The number of furan rings is 1. The second kappa shape index (κ2) is 10.5. The topological polar surface area (TPSA) is 79.1 Å². The van der Waals surface area contributed by atoms with E-state index in [1.54, 1.807) is 19.4 Å². The fraction of sp³-hybridized carbons (Fsp3) is 0.600. The highest BCUT2D eigenvalue weighted by Gasteiger charge is 2.19. The van der Waals surface area contributed by atoms with Gasteiger partial charge in [0.25, 0.3) is 0 Å². The van der Waals surface area contributed by atoms with Crippen LogP contribution in [0.3, 0.4) is 0 Å². The molecule has 1 amide bonds. The highest BCUT2D eigenvalue weighted by Crippen LogP contribution is 2.13. The van der Waals surface area contributed by atoms with E-state index in [4.69, 9.17) is 9.15 Å². The molecular formula is C15H25IN4O3. The summed E-state index contributed by atoms with van der Waals surface area (Å²) in [5.74, 6) is 1.86. The standard InChI is InChI=1S/C15H24N4O3.HI/c1-16-15(19(2)10-12-5-7-21-11-12)18-9-14(20)17-8-13-4-3-6-22-13;/h3-4,6,12H,5,7-11H2,1-2H3,(H,16,18)(H,17,20);1H. The second-order valence-electron chi connectivity index (χ2n) is 5.37. The SMILES string of the molecule is CN=C(NCC(=O)NCc1ccco1)N(C)CC1CCOC1.I. The number of guanidine groups is 1. The van der Waals surface area contributed by atoms with E-state index >= 15 is 0 Å². The summed E-state index contributed by atoms with van der Waals surface area (Å²) in [6, 6.07) is 3.62. The molecule has 1 aliphatic heterocycles. The summed E-state index contributed by atoms with van der Waals surface area (Å²) in [5.41, 5.74) is 0. The van der Waals surface area contributed by atoms with E-state index in [1.807, 2.05) is 18.0 Å². The van der Waals surface area contributed by atoms with Gasteiger partial charge in [0.1, 0.15) is 5.76 Å². The number of nitrogens with zero attached hydrogens (tertiary/aromatic N) is 2. The third-order valence-electron chi connectivity index (χ3n) is 3.58. The maximum atomic E-state index is 11.8. The van der Waals surface area contributed by atoms with Gasteiger partial charge in [0.05, 0.1) is 26.0 Å². The molecule has 7 nitrogen and oxygen atoms in total. The van der Waals surface area contributed by atoms with E-state index in [0.29, 0.717) is 18.4 Å². The monoisotopic (exact) mass is 436 g/mol. The van der Waals surface area contributed by atoms with Gasteiger partial charge >= 0.3 is 0 Å². The minimum atomic E-state index is -0.102. The molecule has 130 valence electrons. The molecule has 8 heteroatoms. The molecule has 1 saturated heterocycles. The van der Waals surface area contributed by atoms with Crippen LogP contribution < -0.4 is 10.6 Å². The van der Waals surface area contributed by atoms with Crippen LogP contribution in [0.5, 0.6) is 0 Å². The molecule has 0 bridgehead atoms. The van der Waals surface area contributed by atoms with Gasteiger partial charge in [-0.25, -0.2) is 0 Å². The van der Waals surface area contributed by atoms with Crippen LogP contribution in [0.4, 0.5) is 0 Å². The first-order valence-electron chi connectivity index (χ1n) is 7.47. The molecule has 1 unspecified atom stereocenters. The number of carbonyl (C=O) groups excluding carboxylic acids is 1. The predicted octanol–water partition coefficient (Wildman–Crippen LogP) is 1.06. The Morgan fingerprint density at radius 1 is 1.48 bits per heavy atom. The Labute approximate surface area is 153 Å². The minimum Gasteiger partial charge on any atom is -0.467 e. The van der Waals surface area contributed by atoms with Crippen LogP contribution in [-0.4, -0.2) is 57.2 Å². The quantitative estimate of drug-likeness (QED) is 0.396. The number of ether oxygens (including phenoxy) is 1. The molecule has 0 aromatic carbocycles. The zero-order valence-electron chi connectivity index (χ0n) is 13.6. The Hall–Kier alpha value is -1.29. The Kier molecular flexibility index (Phi) is 9.00. The van der Waals surface area contributed by atoms with Gasteiger partial charge in [-0.15, -0.1) is 24.0 Å². The molecule has 1 aromatic rings. The van der Waals surface area contributed by atoms with Crippen molar-refractivity contribution in [1.29, 1.82) is 0 Å². The second-order valence-corrected chi connectivity index (χ2v) is 5.37. The molecule has 2 N–H and O–H groups in total. The maximum Gasteiger partial charge on any atom is 0.239 e. The third-order valence-corrected chi connectivity index (χ3v) is 3.58. The van der Waals surface area contributed by atoms with Crippen molar-refractivity contribution in [2.24, 2.45) is 10.9 Å². The first-order valence-corrected chi connectivity index (χ1v) is 7.47. The van der Waals surface area contributed by atoms with Crippen molar-refractivity contribution in [3.8, 4) is 0 Å². The van der Waals surface area contributed by atoms with Gasteiger partial charge < -0.3 is 24.7 Å². The first-order chi connectivity index (χ1) is 10.7. The number of hydrogen-bond donors (Lipinski definition) is 2. The molecule has 1 atom stereocenters. The smallest absolute Gasteiger partial charge is 0.239 e. The average Bonchev–Trinajstić information content (AvgIpc) is 3.19. The van der Waals surface area contributed by atoms with Crippen molar-refractivity contribution in [2.75, 3.05) is 40.4 Å². The number of carbonyl (C=O) groups is 1. The van der Waals surface area contributed by atoms with Crippen LogP contribution in [0.25, 0.3) is 0 Å². The molecule has 0 spiro atoms. The molecule has 2 rings (SSSR count). The van der Waals surface area contributed by atoms with E-state index in [0.717, 1.165) is 31.9 Å². The number of nitrogens with one attached hydrogen (secondary N) is 2. The van der Waals surface area contributed by atoms with E-state index in [2.05, 4.69) is 15.6 Å². The lowest BCUT2D eigenvalue weighted by molar-refractivity contribution is -0.120. The summed E-state index contributed by atoms with van der Waals surface area (Å²) in [4.78, 5) is 18.0. The van der Waals surface area contributed by atoms with Crippen molar-refractivity contribution < 1.29 is 13.9 Å². The molecule has 0 aliphatic carbocycles. The highest BCUT2D eigenvalue weighted by molar-refractivity contribution is 14.0. The number of amides is 1. The molecule has 23 heavy (non-hydrogen) atoms. The zero-order valence-corrected chi connectivity index (χ0v) is 15.9. The first kappa shape index (κ1) is 19.8. The van der Waals surface area contributed by atoms with Crippen LogP contribution in [0, 0.1) is 5.92 Å². The summed E-state index contributed by atoms with van der Waals surface area (Å²) < 4.78 is 10.5. The van der Waals surface area contributed by atoms with Gasteiger partial charge in [-0.2, -0.15) is 0 Å².